The molecular weight excluding hydrogens is 297 g/mol. The summed E-state index contributed by atoms with van der Waals surface area (Å²) >= 11 is 0. The Balaban J connectivity index is 1.52. The van der Waals surface area contributed by atoms with Gasteiger partial charge in [0, 0.05) is 5.56 Å². The van der Waals surface area contributed by atoms with E-state index in [1.54, 1.807) is 24.3 Å². The molecule has 1 unspecified atom stereocenters. The number of nitrogens with one attached hydrogen (secondary N) is 1. The Morgan fingerprint density at radius 3 is 2.70 bits per heavy atom. The maximum Gasteiger partial charge on any atom is 0.265 e. The summed E-state index contributed by atoms with van der Waals surface area (Å²) in [7, 11) is 0. The Kier molecular flexibility index (Phi) is 4.44. The zero-order valence-electron chi connectivity index (χ0n) is 12.2. The maximum atomic E-state index is 12.8. The van der Waals surface area contributed by atoms with Crippen molar-refractivity contribution in [2.24, 2.45) is 0 Å². The first kappa shape index (κ1) is 14.9. The third kappa shape index (κ3) is 3.80. The van der Waals surface area contributed by atoms with Crippen LogP contribution in [0.1, 0.15) is 5.56 Å². The number of hydrogen-bond donors (Lipinski definition) is 1. The molecule has 3 rings (SSSR count). The smallest absolute Gasteiger partial charge is 0.265 e. The number of halogens is 1. The summed E-state index contributed by atoms with van der Waals surface area (Å²) < 4.78 is 23.8. The highest BCUT2D eigenvalue weighted by Gasteiger charge is 2.26. The van der Waals surface area contributed by atoms with Crippen LogP contribution in [-0.4, -0.2) is 25.2 Å². The summed E-state index contributed by atoms with van der Waals surface area (Å²) in [5.41, 5.74) is 0.687. The summed E-state index contributed by atoms with van der Waals surface area (Å²) in [6.45, 7) is 0.339. The monoisotopic (exact) mass is 311 g/mol. The van der Waals surface area contributed by atoms with E-state index < -0.39 is 6.10 Å². The van der Waals surface area contributed by atoms with Gasteiger partial charge in [-0.25, -0.2) is 4.39 Å². The van der Waals surface area contributed by atoms with Crippen molar-refractivity contribution in [3.63, 3.8) is 0 Å². The fraction of sp³-hybridized carbons (Fsp3) is 0.167. The van der Waals surface area contributed by atoms with Crippen LogP contribution in [0.15, 0.2) is 48.5 Å². The minimum atomic E-state index is -0.697. The van der Waals surface area contributed by atoms with Crippen LogP contribution in [0.25, 0.3) is 0 Å². The van der Waals surface area contributed by atoms with E-state index in [1.807, 2.05) is 12.1 Å². The summed E-state index contributed by atoms with van der Waals surface area (Å²) in [5.74, 6) is 6.24. The number of hydrogen-bond acceptors (Lipinski definition) is 3. The Hall–Kier alpha value is -3.00. The SMILES string of the molecule is O=C(NCC#Cc1ccc(F)cc1)C1COc2ccccc2O1. The third-order valence-electron chi connectivity index (χ3n) is 3.23. The second-order valence-corrected chi connectivity index (χ2v) is 4.89. The molecule has 1 atom stereocenters. The standard InChI is InChI=1S/C18H14FNO3/c19-14-9-7-13(8-10-14)4-3-11-20-18(21)17-12-22-15-5-1-2-6-16(15)23-17/h1-2,5-10,17H,11-12H2,(H,20,21). The van der Waals surface area contributed by atoms with Crippen molar-refractivity contribution in [2.45, 2.75) is 6.10 Å². The van der Waals surface area contributed by atoms with E-state index >= 15 is 0 Å². The van der Waals surface area contributed by atoms with Gasteiger partial charge < -0.3 is 14.8 Å². The number of carbonyl (C=O) groups is 1. The summed E-state index contributed by atoms with van der Waals surface area (Å²) in [4.78, 5) is 12.0. The molecule has 0 spiro atoms. The Morgan fingerprint density at radius 2 is 1.91 bits per heavy atom. The maximum absolute atomic E-state index is 12.8. The van der Waals surface area contributed by atoms with Gasteiger partial charge in [0.2, 0.25) is 6.10 Å². The van der Waals surface area contributed by atoms with Crippen LogP contribution in [0.3, 0.4) is 0 Å². The zero-order valence-corrected chi connectivity index (χ0v) is 12.2. The van der Waals surface area contributed by atoms with Gasteiger partial charge in [-0.3, -0.25) is 4.79 Å². The molecule has 2 aromatic rings. The lowest BCUT2D eigenvalue weighted by Crippen LogP contribution is -2.44. The van der Waals surface area contributed by atoms with E-state index in [4.69, 9.17) is 9.47 Å². The lowest BCUT2D eigenvalue weighted by Gasteiger charge is -2.25. The number of benzene rings is 2. The fourth-order valence-corrected chi connectivity index (χ4v) is 2.07. The summed E-state index contributed by atoms with van der Waals surface area (Å²) in [6, 6.07) is 13.0. The van der Waals surface area contributed by atoms with E-state index in [0.717, 1.165) is 0 Å². The molecule has 0 aliphatic carbocycles. The van der Waals surface area contributed by atoms with Crippen molar-refractivity contribution in [2.75, 3.05) is 13.2 Å². The van der Waals surface area contributed by atoms with Crippen LogP contribution in [0.2, 0.25) is 0 Å². The van der Waals surface area contributed by atoms with E-state index in [1.165, 1.54) is 12.1 Å². The first-order valence-corrected chi connectivity index (χ1v) is 7.13. The normalized spacial score (nSPS) is 15.3. The number of rotatable bonds is 2. The lowest BCUT2D eigenvalue weighted by atomic mass is 10.2. The highest BCUT2D eigenvalue weighted by Crippen LogP contribution is 2.30. The van der Waals surface area contributed by atoms with Crippen LogP contribution in [0.4, 0.5) is 4.39 Å². The molecule has 0 saturated carbocycles. The highest BCUT2D eigenvalue weighted by atomic mass is 19.1. The summed E-state index contributed by atoms with van der Waals surface area (Å²) in [5, 5.41) is 2.67. The zero-order chi connectivity index (χ0) is 16.1. The molecule has 0 radical (unpaired) electrons. The number of amides is 1. The van der Waals surface area contributed by atoms with Crippen molar-refractivity contribution in [3.05, 3.63) is 59.9 Å². The molecule has 1 heterocycles. The van der Waals surface area contributed by atoms with Crippen LogP contribution in [0, 0.1) is 17.7 Å². The minimum Gasteiger partial charge on any atom is -0.485 e. The van der Waals surface area contributed by atoms with Gasteiger partial charge in [-0.05, 0) is 36.4 Å². The quantitative estimate of drug-likeness (QED) is 0.865. The van der Waals surface area contributed by atoms with Gasteiger partial charge in [0.1, 0.15) is 12.4 Å². The molecular formula is C18H14FNO3. The third-order valence-corrected chi connectivity index (χ3v) is 3.23. The first-order valence-electron chi connectivity index (χ1n) is 7.13. The van der Waals surface area contributed by atoms with Crippen molar-refractivity contribution in [1.29, 1.82) is 0 Å². The van der Waals surface area contributed by atoms with Crippen molar-refractivity contribution < 1.29 is 18.7 Å². The largest absolute Gasteiger partial charge is 0.485 e. The van der Waals surface area contributed by atoms with Gasteiger partial charge in [0.05, 0.1) is 6.54 Å². The molecule has 0 bridgehead atoms. The van der Waals surface area contributed by atoms with Gasteiger partial charge in [0.25, 0.3) is 5.91 Å². The van der Waals surface area contributed by atoms with Gasteiger partial charge in [-0.15, -0.1) is 0 Å². The van der Waals surface area contributed by atoms with Crippen LogP contribution >= 0.6 is 0 Å². The molecule has 1 N–H and O–H groups in total. The Labute approximate surface area is 133 Å². The lowest BCUT2D eigenvalue weighted by molar-refractivity contribution is -0.130. The summed E-state index contributed by atoms with van der Waals surface area (Å²) in [6.07, 6.45) is -0.697. The second kappa shape index (κ2) is 6.84. The molecule has 0 aromatic heterocycles. The van der Waals surface area contributed by atoms with Gasteiger partial charge >= 0.3 is 0 Å². The van der Waals surface area contributed by atoms with Crippen LogP contribution < -0.4 is 14.8 Å². The van der Waals surface area contributed by atoms with Crippen molar-refractivity contribution in [1.82, 2.24) is 5.32 Å². The van der Waals surface area contributed by atoms with E-state index in [9.17, 15) is 9.18 Å². The number of fused-ring (bicyclic) bond motifs is 1. The number of para-hydroxylation sites is 2. The van der Waals surface area contributed by atoms with Crippen molar-refractivity contribution >= 4 is 5.91 Å². The molecule has 1 aliphatic heterocycles. The molecule has 4 nitrogen and oxygen atoms in total. The molecule has 1 aliphatic rings. The number of carbonyl (C=O) groups excluding carboxylic acids is 1. The van der Waals surface area contributed by atoms with Gasteiger partial charge in [-0.1, -0.05) is 24.0 Å². The average Bonchev–Trinajstić information content (AvgIpc) is 2.59. The Bertz CT molecular complexity index is 762. The predicted octanol–water partition coefficient (Wildman–Crippen LogP) is 2.13. The molecule has 5 heteroatoms. The van der Waals surface area contributed by atoms with Gasteiger partial charge in [-0.2, -0.15) is 0 Å². The van der Waals surface area contributed by atoms with E-state index in [0.29, 0.717) is 17.1 Å². The predicted molar refractivity (Wildman–Crippen MR) is 82.6 cm³/mol. The van der Waals surface area contributed by atoms with E-state index in [2.05, 4.69) is 17.2 Å². The first-order chi connectivity index (χ1) is 11.2. The fourth-order valence-electron chi connectivity index (χ4n) is 2.07. The average molecular weight is 311 g/mol. The molecule has 2 aromatic carbocycles. The second-order valence-electron chi connectivity index (χ2n) is 4.89. The molecule has 1 amide bonds. The molecule has 0 fully saturated rings. The topological polar surface area (TPSA) is 47.6 Å². The van der Waals surface area contributed by atoms with Crippen molar-refractivity contribution in [3.8, 4) is 23.3 Å². The molecule has 23 heavy (non-hydrogen) atoms. The van der Waals surface area contributed by atoms with Gasteiger partial charge in [0.15, 0.2) is 11.5 Å². The molecule has 0 saturated heterocycles. The van der Waals surface area contributed by atoms with Crippen LogP contribution in [-0.2, 0) is 4.79 Å². The number of ether oxygens (including phenoxy) is 2. The Morgan fingerprint density at radius 1 is 1.17 bits per heavy atom. The van der Waals surface area contributed by atoms with E-state index in [-0.39, 0.29) is 24.9 Å². The molecule has 116 valence electrons. The van der Waals surface area contributed by atoms with Crippen LogP contribution in [0.5, 0.6) is 11.5 Å². The minimum absolute atomic E-state index is 0.161. The highest BCUT2D eigenvalue weighted by molar-refractivity contribution is 5.82.